The van der Waals surface area contributed by atoms with Gasteiger partial charge in [-0.3, -0.25) is 4.79 Å². The van der Waals surface area contributed by atoms with Crippen LogP contribution >= 0.6 is 11.3 Å². The summed E-state index contributed by atoms with van der Waals surface area (Å²) in [5.74, 6) is 1.18. The molecule has 0 saturated carbocycles. The van der Waals surface area contributed by atoms with Crippen molar-refractivity contribution in [3.8, 4) is 28.4 Å². The van der Waals surface area contributed by atoms with E-state index >= 15 is 0 Å². The van der Waals surface area contributed by atoms with Gasteiger partial charge in [-0.15, -0.1) is 11.3 Å². The van der Waals surface area contributed by atoms with E-state index < -0.39 is 0 Å². The molecule has 2 aromatic heterocycles. The van der Waals surface area contributed by atoms with Gasteiger partial charge in [-0.25, -0.2) is 0 Å². The van der Waals surface area contributed by atoms with Crippen LogP contribution in [0, 0.1) is 0 Å². The van der Waals surface area contributed by atoms with Crippen molar-refractivity contribution >= 4 is 32.4 Å². The third kappa shape index (κ3) is 2.73. The first-order chi connectivity index (χ1) is 13.2. The Labute approximate surface area is 159 Å². The molecule has 0 bridgehead atoms. The van der Waals surface area contributed by atoms with Gasteiger partial charge >= 0.3 is 0 Å². The topological polar surface area (TPSA) is 57.9 Å². The summed E-state index contributed by atoms with van der Waals surface area (Å²) < 4.78 is 23.5. The van der Waals surface area contributed by atoms with Gasteiger partial charge in [-0.2, -0.15) is 0 Å². The van der Waals surface area contributed by atoms with Crippen molar-refractivity contribution < 1.29 is 18.6 Å². The normalized spacial score (nSPS) is 11.1. The van der Waals surface area contributed by atoms with Gasteiger partial charge in [-0.1, -0.05) is 18.2 Å². The first-order valence-electron chi connectivity index (χ1n) is 8.49. The maximum absolute atomic E-state index is 13.4. The summed E-state index contributed by atoms with van der Waals surface area (Å²) in [5, 5.41) is 3.34. The van der Waals surface area contributed by atoms with E-state index in [2.05, 4.69) is 0 Å². The van der Waals surface area contributed by atoms with Crippen molar-refractivity contribution in [3.63, 3.8) is 0 Å². The van der Waals surface area contributed by atoms with E-state index in [1.807, 2.05) is 36.6 Å². The van der Waals surface area contributed by atoms with Crippen molar-refractivity contribution in [2.45, 2.75) is 6.92 Å². The minimum absolute atomic E-state index is 0.166. The van der Waals surface area contributed by atoms with E-state index in [0.29, 0.717) is 40.4 Å². The van der Waals surface area contributed by atoms with Crippen molar-refractivity contribution in [3.05, 3.63) is 52.2 Å². The minimum Gasteiger partial charge on any atom is -0.493 e. The summed E-state index contributed by atoms with van der Waals surface area (Å²) in [5.41, 5.74) is 1.56. The smallest absolute Gasteiger partial charge is 0.204 e. The zero-order valence-corrected chi connectivity index (χ0v) is 16.0. The van der Waals surface area contributed by atoms with Crippen LogP contribution in [0.25, 0.3) is 32.2 Å². The maximum atomic E-state index is 13.4. The van der Waals surface area contributed by atoms with Gasteiger partial charge in [0.1, 0.15) is 17.2 Å². The lowest BCUT2D eigenvalue weighted by atomic mass is 10.0. The predicted molar refractivity (Wildman–Crippen MR) is 108 cm³/mol. The quantitative estimate of drug-likeness (QED) is 0.481. The van der Waals surface area contributed by atoms with Gasteiger partial charge < -0.3 is 18.6 Å². The zero-order chi connectivity index (χ0) is 19.0. The van der Waals surface area contributed by atoms with Crippen molar-refractivity contribution in [1.82, 2.24) is 0 Å². The molecule has 6 heteroatoms. The molecule has 0 aliphatic rings. The molecule has 2 aromatic carbocycles. The van der Waals surface area contributed by atoms with Crippen LogP contribution in [-0.4, -0.2) is 20.8 Å². The van der Waals surface area contributed by atoms with Crippen LogP contribution in [0.2, 0.25) is 0 Å². The summed E-state index contributed by atoms with van der Waals surface area (Å²) in [4.78, 5) is 13.4. The first-order valence-corrected chi connectivity index (χ1v) is 9.37. The van der Waals surface area contributed by atoms with Gasteiger partial charge in [0.05, 0.1) is 26.4 Å². The monoisotopic (exact) mass is 382 g/mol. The molecule has 0 unspecified atom stereocenters. The van der Waals surface area contributed by atoms with Crippen LogP contribution in [-0.2, 0) is 0 Å². The second-order valence-electron chi connectivity index (χ2n) is 5.87. The highest BCUT2D eigenvalue weighted by Crippen LogP contribution is 2.43. The Kier molecular flexibility index (Phi) is 4.49. The fourth-order valence-electron chi connectivity index (χ4n) is 3.21. The lowest BCUT2D eigenvalue weighted by Crippen LogP contribution is -2.08. The summed E-state index contributed by atoms with van der Waals surface area (Å²) in [6.45, 7) is 2.28. The number of ether oxygens (including phenoxy) is 3. The van der Waals surface area contributed by atoms with Gasteiger partial charge in [0.2, 0.25) is 11.2 Å². The molecule has 0 atom stereocenters. The van der Waals surface area contributed by atoms with E-state index in [9.17, 15) is 4.79 Å². The highest BCUT2D eigenvalue weighted by molar-refractivity contribution is 7.17. The van der Waals surface area contributed by atoms with Crippen LogP contribution in [0.3, 0.4) is 0 Å². The summed E-state index contributed by atoms with van der Waals surface area (Å²) >= 11 is 1.59. The van der Waals surface area contributed by atoms with E-state index in [0.717, 1.165) is 15.6 Å². The first kappa shape index (κ1) is 17.4. The Balaban J connectivity index is 2.05. The van der Waals surface area contributed by atoms with Crippen molar-refractivity contribution in [2.75, 3.05) is 20.8 Å². The molecule has 4 aromatic rings. The number of fused-ring (bicyclic) bond motifs is 2. The Hall–Kier alpha value is -2.99. The number of hydrogen-bond donors (Lipinski definition) is 0. The van der Waals surface area contributed by atoms with Crippen LogP contribution in [0.1, 0.15) is 6.92 Å². The summed E-state index contributed by atoms with van der Waals surface area (Å²) in [6.07, 6.45) is 1.50. The van der Waals surface area contributed by atoms with Gasteiger partial charge in [0, 0.05) is 27.1 Å². The van der Waals surface area contributed by atoms with Crippen LogP contribution < -0.4 is 19.6 Å². The average Bonchev–Trinajstić information content (AvgIpc) is 3.12. The molecule has 0 fully saturated rings. The largest absolute Gasteiger partial charge is 0.493 e. The molecule has 2 heterocycles. The Morgan fingerprint density at radius 2 is 1.89 bits per heavy atom. The number of methoxy groups -OCH3 is 2. The molecule has 0 amide bonds. The predicted octanol–water partition coefficient (Wildman–Crippen LogP) is 5.09. The van der Waals surface area contributed by atoms with Crippen LogP contribution in [0.5, 0.6) is 17.2 Å². The minimum atomic E-state index is -0.166. The average molecular weight is 382 g/mol. The van der Waals surface area contributed by atoms with E-state index in [1.54, 1.807) is 17.4 Å². The molecular weight excluding hydrogens is 364 g/mol. The molecule has 138 valence electrons. The van der Waals surface area contributed by atoms with Gasteiger partial charge in [0.25, 0.3) is 0 Å². The third-order valence-corrected chi connectivity index (χ3v) is 5.39. The molecule has 0 aliphatic heterocycles. The molecule has 0 radical (unpaired) electrons. The SMILES string of the molecule is CCOc1c(OC)cc2occ(-c3csc4ccccc34)c(=O)c2c1OC. The van der Waals surface area contributed by atoms with Crippen LogP contribution in [0.15, 0.2) is 51.2 Å². The van der Waals surface area contributed by atoms with Crippen molar-refractivity contribution in [1.29, 1.82) is 0 Å². The van der Waals surface area contributed by atoms with Crippen molar-refractivity contribution in [2.24, 2.45) is 0 Å². The molecule has 4 rings (SSSR count). The number of hydrogen-bond acceptors (Lipinski definition) is 6. The number of benzene rings is 2. The second-order valence-corrected chi connectivity index (χ2v) is 6.78. The lowest BCUT2D eigenvalue weighted by Gasteiger charge is -2.15. The molecule has 0 saturated heterocycles. The zero-order valence-electron chi connectivity index (χ0n) is 15.2. The molecule has 27 heavy (non-hydrogen) atoms. The molecule has 0 spiro atoms. The van der Waals surface area contributed by atoms with E-state index in [4.69, 9.17) is 18.6 Å². The fourth-order valence-corrected chi connectivity index (χ4v) is 4.17. The number of rotatable bonds is 5. The van der Waals surface area contributed by atoms with E-state index in [1.165, 1.54) is 20.5 Å². The lowest BCUT2D eigenvalue weighted by molar-refractivity contribution is 0.289. The summed E-state index contributed by atoms with van der Waals surface area (Å²) in [7, 11) is 3.04. The fraction of sp³-hybridized carbons (Fsp3) is 0.190. The Morgan fingerprint density at radius 3 is 2.63 bits per heavy atom. The van der Waals surface area contributed by atoms with E-state index in [-0.39, 0.29) is 5.43 Å². The van der Waals surface area contributed by atoms with Gasteiger partial charge in [-0.05, 0) is 13.0 Å². The molecule has 0 aliphatic carbocycles. The highest BCUT2D eigenvalue weighted by atomic mass is 32.1. The number of thiophene rings is 1. The van der Waals surface area contributed by atoms with Crippen LogP contribution in [0.4, 0.5) is 0 Å². The van der Waals surface area contributed by atoms with Gasteiger partial charge in [0.15, 0.2) is 11.5 Å². The standard InChI is InChI=1S/C21H18O5S/c1-4-25-20-16(23-2)9-15-18(21(20)24-3)19(22)13(10-26-15)14-11-27-17-8-6-5-7-12(14)17/h5-11H,4H2,1-3H3. The maximum Gasteiger partial charge on any atom is 0.204 e. The highest BCUT2D eigenvalue weighted by Gasteiger charge is 2.22. The third-order valence-electron chi connectivity index (χ3n) is 4.42. The summed E-state index contributed by atoms with van der Waals surface area (Å²) in [6, 6.07) is 9.63. The molecule has 0 N–H and O–H groups in total. The Bertz CT molecular complexity index is 1190. The molecular formula is C21H18O5S. The molecule has 5 nitrogen and oxygen atoms in total. The Morgan fingerprint density at radius 1 is 1.07 bits per heavy atom. The second kappa shape index (κ2) is 6.96.